The number of anilines is 1. The minimum Gasteiger partial charge on any atom is -0.494 e. The van der Waals surface area contributed by atoms with E-state index in [2.05, 4.69) is 5.32 Å². The zero-order valence-electron chi connectivity index (χ0n) is 21.5. The number of carbonyl (C=O) groups is 1. The van der Waals surface area contributed by atoms with Crippen LogP contribution in [0.15, 0.2) is 65.6 Å². The van der Waals surface area contributed by atoms with Gasteiger partial charge >= 0.3 is 0 Å². The van der Waals surface area contributed by atoms with E-state index in [1.165, 1.54) is 25.1 Å². The van der Waals surface area contributed by atoms with Gasteiger partial charge in [-0.15, -0.1) is 11.8 Å². The van der Waals surface area contributed by atoms with E-state index in [9.17, 15) is 24.5 Å². The summed E-state index contributed by atoms with van der Waals surface area (Å²) >= 11 is 7.55. The number of hydrogen-bond donors (Lipinski definition) is 4. The maximum atomic E-state index is 14.4. The molecule has 0 bridgehead atoms. The predicted octanol–water partition coefficient (Wildman–Crippen LogP) is 4.74. The van der Waals surface area contributed by atoms with Gasteiger partial charge in [-0.25, -0.2) is 4.39 Å². The zero-order chi connectivity index (χ0) is 28.1. The van der Waals surface area contributed by atoms with Crippen molar-refractivity contribution in [2.75, 3.05) is 17.7 Å². The van der Waals surface area contributed by atoms with Gasteiger partial charge in [0.05, 0.1) is 12.7 Å². The molecule has 0 radical (unpaired) electrons. The Morgan fingerprint density at radius 2 is 1.79 bits per heavy atom. The topological polar surface area (TPSA) is 108 Å². The van der Waals surface area contributed by atoms with Crippen LogP contribution in [0.25, 0.3) is 0 Å². The molecule has 1 heterocycles. The number of halogens is 2. The van der Waals surface area contributed by atoms with Gasteiger partial charge in [0.25, 0.3) is 0 Å². The summed E-state index contributed by atoms with van der Waals surface area (Å²) in [6.07, 6.45) is -5.58. The van der Waals surface area contributed by atoms with Gasteiger partial charge < -0.3 is 30.1 Å². The maximum absolute atomic E-state index is 14.4. The average molecular weight is 576 g/mol. The van der Waals surface area contributed by atoms with E-state index in [1.807, 2.05) is 37.3 Å². The number of aliphatic hydroxyl groups is 3. The summed E-state index contributed by atoms with van der Waals surface area (Å²) in [6.45, 7) is 3.86. The van der Waals surface area contributed by atoms with Crippen LogP contribution in [0.4, 0.5) is 10.1 Å². The number of nitrogens with one attached hydrogen (secondary N) is 1. The van der Waals surface area contributed by atoms with Gasteiger partial charge in [0.1, 0.15) is 36.0 Å². The minimum absolute atomic E-state index is 0.0918. The van der Waals surface area contributed by atoms with E-state index in [4.69, 9.17) is 21.1 Å². The summed E-state index contributed by atoms with van der Waals surface area (Å²) < 4.78 is 26.0. The molecule has 0 aromatic heterocycles. The summed E-state index contributed by atoms with van der Waals surface area (Å²) in [5.41, 5.74) is 2.84. The predicted molar refractivity (Wildman–Crippen MR) is 149 cm³/mol. The Balaban J connectivity index is 1.50. The number of ether oxygens (including phenoxy) is 2. The van der Waals surface area contributed by atoms with E-state index in [0.717, 1.165) is 28.6 Å². The molecule has 3 aromatic rings. The van der Waals surface area contributed by atoms with Gasteiger partial charge in [0.15, 0.2) is 0 Å². The van der Waals surface area contributed by atoms with E-state index >= 15 is 0 Å². The molecule has 1 amide bonds. The number of thioether (sulfide) groups is 1. The SMILES string of the molecule is CCOc1ccc(Cc2cc([C@@H]3O[C@H](CSc4cc(NC(C)=O)ccc4F)[C@@H](O)[C@H](O)[C@H]3O)ccc2Cl)cc1. The lowest BCUT2D eigenvalue weighted by molar-refractivity contribution is -0.218. The van der Waals surface area contributed by atoms with Crippen LogP contribution in [0, 0.1) is 5.82 Å². The standard InChI is InChI=1S/C29H31ClFNO6S/c1-3-37-21-8-4-17(5-9-21)12-19-13-18(6-10-22(19)30)29-28(36)27(35)26(34)24(38-29)15-39-25-14-20(32-16(2)33)7-11-23(25)31/h4-11,13-14,24,26-29,34-36H,3,12,15H2,1-2H3,(H,32,33)/t24-,26-,27+,28-,29+/m1/s1. The Kier molecular flexibility index (Phi) is 9.87. The van der Waals surface area contributed by atoms with Crippen molar-refractivity contribution in [2.24, 2.45) is 0 Å². The molecule has 208 valence electrons. The van der Waals surface area contributed by atoms with Crippen molar-refractivity contribution < 1.29 is 34.0 Å². The van der Waals surface area contributed by atoms with Gasteiger partial charge in [-0.05, 0) is 66.4 Å². The summed E-state index contributed by atoms with van der Waals surface area (Å²) in [4.78, 5) is 11.6. The van der Waals surface area contributed by atoms with Crippen molar-refractivity contribution in [3.63, 3.8) is 0 Å². The van der Waals surface area contributed by atoms with E-state index in [0.29, 0.717) is 29.3 Å². The molecule has 1 saturated heterocycles. The Hall–Kier alpha value is -2.66. The molecule has 39 heavy (non-hydrogen) atoms. The van der Waals surface area contributed by atoms with Crippen LogP contribution in [0.2, 0.25) is 5.02 Å². The van der Waals surface area contributed by atoms with Crippen LogP contribution in [-0.2, 0) is 16.0 Å². The maximum Gasteiger partial charge on any atom is 0.221 e. The Morgan fingerprint density at radius 3 is 2.49 bits per heavy atom. The largest absolute Gasteiger partial charge is 0.494 e. The first kappa shape index (κ1) is 29.3. The number of benzene rings is 3. The highest BCUT2D eigenvalue weighted by molar-refractivity contribution is 7.99. The van der Waals surface area contributed by atoms with Crippen LogP contribution in [0.3, 0.4) is 0 Å². The van der Waals surface area contributed by atoms with Gasteiger partial charge in [0.2, 0.25) is 5.91 Å². The molecule has 7 nitrogen and oxygen atoms in total. The fourth-order valence-electron chi connectivity index (χ4n) is 4.43. The molecule has 10 heteroatoms. The lowest BCUT2D eigenvalue weighted by Gasteiger charge is -2.41. The second-order valence-corrected chi connectivity index (χ2v) is 10.8. The first-order valence-electron chi connectivity index (χ1n) is 12.6. The molecule has 1 aliphatic heterocycles. The smallest absolute Gasteiger partial charge is 0.221 e. The lowest BCUT2D eigenvalue weighted by atomic mass is 9.90. The van der Waals surface area contributed by atoms with E-state index < -0.39 is 36.3 Å². The Morgan fingerprint density at radius 1 is 1.05 bits per heavy atom. The van der Waals surface area contributed by atoms with Gasteiger partial charge in [-0.1, -0.05) is 35.9 Å². The summed E-state index contributed by atoms with van der Waals surface area (Å²) in [5, 5.41) is 35.2. The van der Waals surface area contributed by atoms with Crippen LogP contribution < -0.4 is 10.1 Å². The number of amides is 1. The molecule has 4 N–H and O–H groups in total. The number of rotatable bonds is 9. The number of aliphatic hydroxyl groups excluding tert-OH is 3. The fraction of sp³-hybridized carbons (Fsp3) is 0.345. The highest BCUT2D eigenvalue weighted by atomic mass is 35.5. The summed E-state index contributed by atoms with van der Waals surface area (Å²) in [5.74, 6) is 0.0914. The molecule has 0 spiro atoms. The van der Waals surface area contributed by atoms with Gasteiger partial charge in [-0.2, -0.15) is 0 Å². The molecular weight excluding hydrogens is 545 g/mol. The molecule has 4 rings (SSSR count). The van der Waals surface area contributed by atoms with E-state index in [-0.39, 0.29) is 16.6 Å². The van der Waals surface area contributed by atoms with Crippen molar-refractivity contribution in [1.29, 1.82) is 0 Å². The molecule has 0 unspecified atom stereocenters. The Labute approximate surface area is 235 Å². The zero-order valence-corrected chi connectivity index (χ0v) is 23.1. The fourth-order valence-corrected chi connectivity index (χ4v) is 5.65. The molecule has 0 aliphatic carbocycles. The molecule has 3 aromatic carbocycles. The molecular formula is C29H31ClFNO6S. The molecule has 0 saturated carbocycles. The van der Waals surface area contributed by atoms with E-state index in [1.54, 1.807) is 12.1 Å². The third-order valence-electron chi connectivity index (χ3n) is 6.39. The monoisotopic (exact) mass is 575 g/mol. The highest BCUT2D eigenvalue weighted by Crippen LogP contribution is 2.37. The lowest BCUT2D eigenvalue weighted by Crippen LogP contribution is -2.54. The first-order valence-corrected chi connectivity index (χ1v) is 13.9. The van der Waals surface area contributed by atoms with Crippen LogP contribution >= 0.6 is 23.4 Å². The van der Waals surface area contributed by atoms with Crippen LogP contribution in [-0.4, -0.2) is 58.0 Å². The summed E-state index contributed by atoms with van der Waals surface area (Å²) in [6, 6.07) is 17.1. The minimum atomic E-state index is -1.48. The van der Waals surface area contributed by atoms with Crippen molar-refractivity contribution in [3.8, 4) is 5.75 Å². The third kappa shape index (κ3) is 7.30. The van der Waals surface area contributed by atoms with Gasteiger partial charge in [0, 0.05) is 28.3 Å². The second kappa shape index (κ2) is 13.1. The van der Waals surface area contributed by atoms with Crippen molar-refractivity contribution in [1.82, 2.24) is 0 Å². The molecule has 1 aliphatic rings. The second-order valence-electron chi connectivity index (χ2n) is 9.31. The van der Waals surface area contributed by atoms with Crippen LogP contribution in [0.5, 0.6) is 5.75 Å². The third-order valence-corrected chi connectivity index (χ3v) is 7.88. The number of hydrogen-bond acceptors (Lipinski definition) is 7. The van der Waals surface area contributed by atoms with Crippen LogP contribution in [0.1, 0.15) is 36.6 Å². The summed E-state index contributed by atoms with van der Waals surface area (Å²) in [7, 11) is 0. The van der Waals surface area contributed by atoms with Crippen molar-refractivity contribution in [2.45, 2.75) is 55.7 Å². The van der Waals surface area contributed by atoms with Crippen molar-refractivity contribution >= 4 is 35.0 Å². The normalized spacial score (nSPS) is 22.9. The molecule has 5 atom stereocenters. The average Bonchev–Trinajstić information content (AvgIpc) is 2.91. The quantitative estimate of drug-likeness (QED) is 0.273. The number of carbonyl (C=O) groups excluding carboxylic acids is 1. The first-order chi connectivity index (χ1) is 18.7. The highest BCUT2D eigenvalue weighted by Gasteiger charge is 2.44. The Bertz CT molecular complexity index is 1290. The van der Waals surface area contributed by atoms with Crippen molar-refractivity contribution in [3.05, 3.63) is 88.2 Å². The molecule has 1 fully saturated rings. The van der Waals surface area contributed by atoms with Gasteiger partial charge in [-0.3, -0.25) is 4.79 Å².